The maximum atomic E-state index is 9.55. The average molecular weight is 490 g/mol. The number of hydrogen-bond acceptors (Lipinski definition) is 6. The number of aromatic hydroxyl groups is 1. The molecule has 0 saturated carbocycles. The lowest BCUT2D eigenvalue weighted by Gasteiger charge is -2.36. The molecule has 5 aromatic rings. The largest absolute Gasteiger partial charge is 0.508 e. The molecule has 1 fully saturated rings. The van der Waals surface area contributed by atoms with Gasteiger partial charge in [0.15, 0.2) is 11.5 Å². The lowest BCUT2D eigenvalue weighted by molar-refractivity contribution is 0.475. The molecule has 1 saturated heterocycles. The van der Waals surface area contributed by atoms with Crippen LogP contribution in [0.3, 0.4) is 0 Å². The van der Waals surface area contributed by atoms with Gasteiger partial charge >= 0.3 is 0 Å². The fourth-order valence-corrected chi connectivity index (χ4v) is 4.58. The highest BCUT2D eigenvalue weighted by Gasteiger charge is 2.22. The third-order valence-electron chi connectivity index (χ3n) is 5.91. The highest BCUT2D eigenvalue weighted by Crippen LogP contribution is 2.27. The van der Waals surface area contributed by atoms with Crippen LogP contribution in [0.1, 0.15) is 0 Å². The first kappa shape index (κ1) is 19.1. The molecule has 0 unspecified atom stereocenters. The first-order valence-electron chi connectivity index (χ1n) is 10.4. The molecule has 6 rings (SSSR count). The highest BCUT2D eigenvalue weighted by molar-refractivity contribution is 9.10. The van der Waals surface area contributed by atoms with Crippen LogP contribution < -0.4 is 9.80 Å². The Morgan fingerprint density at radius 1 is 0.844 bits per heavy atom. The molecular formula is C23H20BrN7O. The van der Waals surface area contributed by atoms with Crippen molar-refractivity contribution in [1.82, 2.24) is 24.4 Å². The van der Waals surface area contributed by atoms with Crippen molar-refractivity contribution < 1.29 is 5.11 Å². The quantitative estimate of drug-likeness (QED) is 0.414. The second-order valence-electron chi connectivity index (χ2n) is 7.81. The van der Waals surface area contributed by atoms with Crippen molar-refractivity contribution in [3.8, 4) is 11.6 Å². The van der Waals surface area contributed by atoms with E-state index in [4.69, 9.17) is 4.98 Å². The van der Waals surface area contributed by atoms with Crippen LogP contribution in [0.25, 0.3) is 22.4 Å². The molecule has 1 N–H and O–H groups in total. The predicted molar refractivity (Wildman–Crippen MR) is 128 cm³/mol. The predicted octanol–water partition coefficient (Wildman–Crippen LogP) is 3.86. The Bertz CT molecular complexity index is 1420. The number of nitrogens with zero attached hydrogens (tertiary/aromatic N) is 7. The summed E-state index contributed by atoms with van der Waals surface area (Å²) in [4.78, 5) is 9.53. The van der Waals surface area contributed by atoms with Gasteiger partial charge in [0, 0.05) is 43.3 Å². The van der Waals surface area contributed by atoms with E-state index in [2.05, 4.69) is 54.1 Å². The van der Waals surface area contributed by atoms with Gasteiger partial charge in [-0.15, -0.1) is 0 Å². The van der Waals surface area contributed by atoms with Crippen molar-refractivity contribution in [2.75, 3.05) is 36.0 Å². The Hall–Kier alpha value is -3.59. The molecule has 1 aliphatic heterocycles. The van der Waals surface area contributed by atoms with Crippen LogP contribution in [-0.4, -0.2) is 55.7 Å². The van der Waals surface area contributed by atoms with Crippen LogP contribution in [0.15, 0.2) is 71.5 Å². The third-order valence-corrected chi connectivity index (χ3v) is 6.47. The summed E-state index contributed by atoms with van der Waals surface area (Å²) in [5.74, 6) is 2.03. The maximum absolute atomic E-state index is 9.55. The van der Waals surface area contributed by atoms with Crippen LogP contribution in [-0.2, 0) is 0 Å². The number of halogens is 1. The fraction of sp³-hybridized carbons (Fsp3) is 0.174. The van der Waals surface area contributed by atoms with E-state index in [-0.39, 0.29) is 5.75 Å². The van der Waals surface area contributed by atoms with Crippen LogP contribution in [0, 0.1) is 0 Å². The maximum Gasteiger partial charge on any atom is 0.173 e. The molecule has 0 radical (unpaired) electrons. The van der Waals surface area contributed by atoms with Gasteiger partial charge in [0.1, 0.15) is 11.6 Å². The Labute approximate surface area is 192 Å². The average Bonchev–Trinajstić information content (AvgIpc) is 3.43. The number of piperazine rings is 1. The summed E-state index contributed by atoms with van der Waals surface area (Å²) in [6.07, 6.45) is 3.64. The molecule has 8 nitrogen and oxygen atoms in total. The molecule has 0 amide bonds. The van der Waals surface area contributed by atoms with Gasteiger partial charge in [0.25, 0.3) is 0 Å². The molecule has 3 aromatic heterocycles. The summed E-state index contributed by atoms with van der Waals surface area (Å²) >= 11 is 3.60. The fourth-order valence-electron chi connectivity index (χ4n) is 4.23. The van der Waals surface area contributed by atoms with Crippen molar-refractivity contribution in [3.05, 3.63) is 71.5 Å². The zero-order valence-corrected chi connectivity index (χ0v) is 18.7. The zero-order chi connectivity index (χ0) is 21.7. The van der Waals surface area contributed by atoms with Gasteiger partial charge in [-0.3, -0.25) is 0 Å². The van der Waals surface area contributed by atoms with Gasteiger partial charge in [-0.1, -0.05) is 18.2 Å². The summed E-state index contributed by atoms with van der Waals surface area (Å²) < 4.78 is 4.58. The molecule has 1 aliphatic rings. The summed E-state index contributed by atoms with van der Waals surface area (Å²) in [5.41, 5.74) is 2.90. The van der Waals surface area contributed by atoms with Gasteiger partial charge < -0.3 is 14.9 Å². The number of anilines is 2. The number of para-hydroxylation sites is 1. The highest BCUT2D eigenvalue weighted by atomic mass is 79.9. The summed E-state index contributed by atoms with van der Waals surface area (Å²) in [6, 6.07) is 17.6. The molecule has 0 spiro atoms. The molecule has 9 heteroatoms. The Kier molecular flexibility index (Phi) is 4.50. The van der Waals surface area contributed by atoms with E-state index < -0.39 is 0 Å². The number of hydrogen-bond donors (Lipinski definition) is 1. The van der Waals surface area contributed by atoms with E-state index in [1.165, 1.54) is 0 Å². The minimum atomic E-state index is 0.287. The lowest BCUT2D eigenvalue weighted by Crippen LogP contribution is -2.46. The van der Waals surface area contributed by atoms with E-state index in [0.29, 0.717) is 0 Å². The molecule has 0 atom stereocenters. The molecule has 4 heterocycles. The second kappa shape index (κ2) is 7.52. The SMILES string of the molecule is Oc1ccc(N2CCN(c3cc(-n4ncc5ccccc54)n4ncc(Br)c4n3)CC2)cc1. The van der Waals surface area contributed by atoms with Crippen molar-refractivity contribution in [2.45, 2.75) is 0 Å². The van der Waals surface area contributed by atoms with Crippen LogP contribution in [0.2, 0.25) is 0 Å². The van der Waals surface area contributed by atoms with Gasteiger partial charge in [-0.25, -0.2) is 9.67 Å². The number of fused-ring (bicyclic) bond motifs is 2. The molecule has 0 aliphatic carbocycles. The number of phenols is 1. The standard InChI is InChI=1S/C23H20BrN7O/c24-19-15-26-31-22(30-20-4-2-1-3-16(20)14-25-30)13-21(27-23(19)31)29-11-9-28(10-12-29)17-5-7-18(32)8-6-17/h1-8,13-15,32H,9-12H2. The number of aromatic nitrogens is 5. The van der Waals surface area contributed by atoms with Crippen molar-refractivity contribution in [1.29, 1.82) is 0 Å². The normalized spacial score (nSPS) is 14.5. The summed E-state index contributed by atoms with van der Waals surface area (Å²) in [7, 11) is 0. The Balaban J connectivity index is 1.36. The number of benzene rings is 2. The molecular weight excluding hydrogens is 470 g/mol. The summed E-state index contributed by atoms with van der Waals surface area (Å²) in [6.45, 7) is 3.43. The molecule has 0 bridgehead atoms. The van der Waals surface area contributed by atoms with Crippen LogP contribution >= 0.6 is 15.9 Å². The Morgan fingerprint density at radius 3 is 2.41 bits per heavy atom. The van der Waals surface area contributed by atoms with E-state index >= 15 is 0 Å². The monoisotopic (exact) mass is 489 g/mol. The van der Waals surface area contributed by atoms with Gasteiger partial charge in [-0.2, -0.15) is 14.7 Å². The third kappa shape index (κ3) is 3.16. The number of phenolic OH excluding ortho intramolecular Hbond substituents is 1. The molecule has 2 aromatic carbocycles. The smallest absolute Gasteiger partial charge is 0.173 e. The van der Waals surface area contributed by atoms with E-state index in [9.17, 15) is 5.11 Å². The molecule has 160 valence electrons. The van der Waals surface area contributed by atoms with E-state index in [0.717, 1.165) is 64.5 Å². The van der Waals surface area contributed by atoms with Crippen LogP contribution in [0.5, 0.6) is 5.75 Å². The van der Waals surface area contributed by atoms with Gasteiger partial charge in [-0.05, 0) is 46.3 Å². The molecule has 32 heavy (non-hydrogen) atoms. The van der Waals surface area contributed by atoms with Gasteiger partial charge in [0.2, 0.25) is 0 Å². The lowest BCUT2D eigenvalue weighted by atomic mass is 10.2. The van der Waals surface area contributed by atoms with Crippen LogP contribution in [0.4, 0.5) is 11.5 Å². The zero-order valence-electron chi connectivity index (χ0n) is 17.1. The number of rotatable bonds is 3. The minimum Gasteiger partial charge on any atom is -0.508 e. The van der Waals surface area contributed by atoms with E-state index in [1.54, 1.807) is 18.3 Å². The summed E-state index contributed by atoms with van der Waals surface area (Å²) in [5, 5.41) is 19.8. The van der Waals surface area contributed by atoms with Gasteiger partial charge in [0.05, 0.1) is 22.4 Å². The first-order chi connectivity index (χ1) is 15.7. The Morgan fingerprint density at radius 2 is 1.59 bits per heavy atom. The minimum absolute atomic E-state index is 0.287. The van der Waals surface area contributed by atoms with Crippen molar-refractivity contribution in [3.63, 3.8) is 0 Å². The first-order valence-corrected chi connectivity index (χ1v) is 11.2. The second-order valence-corrected chi connectivity index (χ2v) is 8.66. The topological polar surface area (TPSA) is 74.7 Å². The van der Waals surface area contributed by atoms with Crippen molar-refractivity contribution >= 4 is 44.0 Å². The van der Waals surface area contributed by atoms with Crippen molar-refractivity contribution in [2.24, 2.45) is 0 Å². The van der Waals surface area contributed by atoms with E-state index in [1.807, 2.05) is 39.7 Å².